The number of benzene rings is 1. The molecule has 34 heavy (non-hydrogen) atoms. The van der Waals surface area contributed by atoms with Gasteiger partial charge in [0.05, 0.1) is 6.54 Å². The average molecular weight is 504 g/mol. The quantitative estimate of drug-likeness (QED) is 0.477. The number of ether oxygens (including phenoxy) is 1. The van der Waals surface area contributed by atoms with Crippen LogP contribution in [0.3, 0.4) is 0 Å². The van der Waals surface area contributed by atoms with Crippen LogP contribution in [0, 0.1) is 6.92 Å². The minimum atomic E-state index is -4.45. The zero-order valence-corrected chi connectivity index (χ0v) is 18.5. The molecule has 0 unspecified atom stereocenters. The molecule has 0 N–H and O–H groups in total. The Bertz CT molecular complexity index is 1250. The van der Waals surface area contributed by atoms with Gasteiger partial charge in [0.1, 0.15) is 16.5 Å². The molecular weight excluding hydrogens is 486 g/mol. The lowest BCUT2D eigenvalue weighted by Gasteiger charge is -2.29. The van der Waals surface area contributed by atoms with E-state index in [1.165, 1.54) is 16.7 Å². The van der Waals surface area contributed by atoms with Crippen LogP contribution in [0.1, 0.15) is 26.7 Å². The zero-order chi connectivity index (χ0) is 24.7. The maximum absolute atomic E-state index is 12.8. The van der Waals surface area contributed by atoms with E-state index >= 15 is 0 Å². The first-order valence-electron chi connectivity index (χ1n) is 10.1. The SMILES string of the molecule is Cc1nc(N2CCc3cc(OCC(F)(F)F)ccc3C2)nc(=O)n1Cc1ccc(C(F)(F)F)s1. The molecule has 13 heteroatoms. The predicted molar refractivity (Wildman–Crippen MR) is 112 cm³/mol. The van der Waals surface area contributed by atoms with Gasteiger partial charge in [0, 0.05) is 18.0 Å². The second-order valence-electron chi connectivity index (χ2n) is 7.71. The van der Waals surface area contributed by atoms with E-state index in [9.17, 15) is 31.1 Å². The maximum atomic E-state index is 12.8. The molecule has 0 aliphatic carbocycles. The monoisotopic (exact) mass is 504 g/mol. The smallest absolute Gasteiger partial charge is 0.425 e. The fourth-order valence-corrected chi connectivity index (χ4v) is 4.43. The lowest BCUT2D eigenvalue weighted by molar-refractivity contribution is -0.153. The third-order valence-corrected chi connectivity index (χ3v) is 6.32. The molecule has 1 aliphatic rings. The van der Waals surface area contributed by atoms with Gasteiger partial charge < -0.3 is 9.64 Å². The largest absolute Gasteiger partial charge is 0.484 e. The first kappa shape index (κ1) is 24.0. The fraction of sp³-hybridized carbons (Fsp3) is 0.381. The molecule has 0 fully saturated rings. The number of hydrogen-bond donors (Lipinski definition) is 0. The summed E-state index contributed by atoms with van der Waals surface area (Å²) in [5, 5.41) is 0. The Balaban J connectivity index is 1.48. The number of halogens is 6. The van der Waals surface area contributed by atoms with E-state index in [4.69, 9.17) is 4.74 Å². The van der Waals surface area contributed by atoms with Crippen molar-refractivity contribution in [2.45, 2.75) is 38.8 Å². The van der Waals surface area contributed by atoms with Gasteiger partial charge in [-0.2, -0.15) is 36.3 Å². The number of nitrogens with zero attached hydrogens (tertiary/aromatic N) is 4. The van der Waals surface area contributed by atoms with Crippen LogP contribution < -0.4 is 15.3 Å². The number of thiophene rings is 1. The Morgan fingerprint density at radius 2 is 1.82 bits per heavy atom. The van der Waals surface area contributed by atoms with Crippen LogP contribution in [0.4, 0.5) is 32.3 Å². The molecule has 0 saturated heterocycles. The minimum Gasteiger partial charge on any atom is -0.484 e. The van der Waals surface area contributed by atoms with Gasteiger partial charge in [0.25, 0.3) is 0 Å². The lowest BCUT2D eigenvalue weighted by Crippen LogP contribution is -2.36. The van der Waals surface area contributed by atoms with Crippen molar-refractivity contribution in [2.75, 3.05) is 18.1 Å². The first-order valence-corrected chi connectivity index (χ1v) is 10.9. The molecular formula is C21H18F6N4O2S. The summed E-state index contributed by atoms with van der Waals surface area (Å²) in [5.41, 5.74) is 1.04. The van der Waals surface area contributed by atoms with E-state index in [0.717, 1.165) is 17.2 Å². The van der Waals surface area contributed by atoms with Crippen molar-refractivity contribution in [1.82, 2.24) is 14.5 Å². The Morgan fingerprint density at radius 1 is 1.06 bits per heavy atom. The number of aromatic nitrogens is 3. The van der Waals surface area contributed by atoms with Crippen LogP contribution in [0.5, 0.6) is 5.75 Å². The third kappa shape index (κ3) is 5.51. The van der Waals surface area contributed by atoms with Gasteiger partial charge in [-0.15, -0.1) is 11.3 Å². The summed E-state index contributed by atoms with van der Waals surface area (Å²) in [6.07, 6.45) is -8.38. The highest BCUT2D eigenvalue weighted by Crippen LogP contribution is 2.35. The van der Waals surface area contributed by atoms with Gasteiger partial charge in [0.2, 0.25) is 5.95 Å². The third-order valence-electron chi connectivity index (χ3n) is 5.21. The molecule has 0 atom stereocenters. The maximum Gasteiger partial charge on any atom is 0.425 e. The standard InChI is InChI=1S/C21H18F6N4O2S/c1-12-28-18(29-19(32)31(12)10-16-4-5-17(34-16)21(25,26)27)30-7-6-13-8-15(3-2-14(13)9-30)33-11-20(22,23)24/h2-5,8H,6-7,9-11H2,1H3. The highest BCUT2D eigenvalue weighted by atomic mass is 32.1. The van der Waals surface area contributed by atoms with Crippen LogP contribution in [-0.4, -0.2) is 33.9 Å². The van der Waals surface area contributed by atoms with Gasteiger partial charge >= 0.3 is 18.0 Å². The van der Waals surface area contributed by atoms with E-state index in [0.29, 0.717) is 41.5 Å². The second-order valence-corrected chi connectivity index (χ2v) is 8.88. The summed E-state index contributed by atoms with van der Waals surface area (Å²) < 4.78 is 81.6. The van der Waals surface area contributed by atoms with Crippen LogP contribution >= 0.6 is 11.3 Å². The van der Waals surface area contributed by atoms with Crippen LogP contribution in [0.2, 0.25) is 0 Å². The van der Waals surface area contributed by atoms with E-state index < -0.39 is 29.5 Å². The van der Waals surface area contributed by atoms with Gasteiger partial charge in [-0.05, 0) is 48.7 Å². The molecule has 3 aromatic rings. The minimum absolute atomic E-state index is 0.0742. The lowest BCUT2D eigenvalue weighted by atomic mass is 10.00. The molecule has 182 valence electrons. The van der Waals surface area contributed by atoms with Gasteiger partial charge in [-0.3, -0.25) is 4.57 Å². The van der Waals surface area contributed by atoms with E-state index in [1.807, 2.05) is 0 Å². The topological polar surface area (TPSA) is 60.2 Å². The van der Waals surface area contributed by atoms with Crippen molar-refractivity contribution in [3.63, 3.8) is 0 Å². The number of rotatable bonds is 5. The predicted octanol–water partition coefficient (Wildman–Crippen LogP) is 4.58. The summed E-state index contributed by atoms with van der Waals surface area (Å²) in [5.74, 6) is 0.615. The Morgan fingerprint density at radius 3 is 2.47 bits per heavy atom. The normalized spacial score (nSPS) is 14.3. The number of aryl methyl sites for hydroxylation is 1. The second kappa shape index (κ2) is 8.93. The molecule has 1 aromatic carbocycles. The van der Waals surface area contributed by atoms with Crippen LogP contribution in [0.25, 0.3) is 0 Å². The molecule has 6 nitrogen and oxygen atoms in total. The number of alkyl halides is 6. The van der Waals surface area contributed by atoms with Crippen LogP contribution in [0.15, 0.2) is 35.1 Å². The summed E-state index contributed by atoms with van der Waals surface area (Å²) in [4.78, 5) is 22.4. The number of hydrogen-bond acceptors (Lipinski definition) is 6. The van der Waals surface area contributed by atoms with Gasteiger partial charge in [0.15, 0.2) is 6.61 Å². The fourth-order valence-electron chi connectivity index (χ4n) is 3.56. The molecule has 0 amide bonds. The molecule has 0 bridgehead atoms. The van der Waals surface area contributed by atoms with Crippen molar-refractivity contribution in [3.05, 3.63) is 67.5 Å². The van der Waals surface area contributed by atoms with Crippen LogP contribution in [-0.2, 0) is 25.7 Å². The molecule has 0 saturated carbocycles. The van der Waals surface area contributed by atoms with E-state index in [-0.39, 0.29) is 18.2 Å². The Kier molecular flexibility index (Phi) is 6.32. The van der Waals surface area contributed by atoms with Crippen molar-refractivity contribution < 1.29 is 31.1 Å². The van der Waals surface area contributed by atoms with E-state index in [1.54, 1.807) is 24.0 Å². The highest BCUT2D eigenvalue weighted by Gasteiger charge is 2.32. The molecule has 0 spiro atoms. The highest BCUT2D eigenvalue weighted by molar-refractivity contribution is 7.12. The van der Waals surface area contributed by atoms with Gasteiger partial charge in [-0.1, -0.05) is 6.07 Å². The van der Waals surface area contributed by atoms with Crippen molar-refractivity contribution in [1.29, 1.82) is 0 Å². The average Bonchev–Trinajstić information content (AvgIpc) is 3.23. The Labute approximate surface area is 193 Å². The summed E-state index contributed by atoms with van der Waals surface area (Å²) in [7, 11) is 0. The Hall–Kier alpha value is -3.09. The number of anilines is 1. The zero-order valence-electron chi connectivity index (χ0n) is 17.7. The van der Waals surface area contributed by atoms with Crippen molar-refractivity contribution in [2.24, 2.45) is 0 Å². The van der Waals surface area contributed by atoms with Gasteiger partial charge in [-0.25, -0.2) is 4.79 Å². The van der Waals surface area contributed by atoms with E-state index in [2.05, 4.69) is 9.97 Å². The number of fused-ring (bicyclic) bond motifs is 1. The molecule has 0 radical (unpaired) electrons. The van der Waals surface area contributed by atoms with Crippen molar-refractivity contribution >= 4 is 17.3 Å². The first-order chi connectivity index (χ1) is 15.9. The molecule has 1 aliphatic heterocycles. The van der Waals surface area contributed by atoms with Crippen molar-refractivity contribution in [3.8, 4) is 5.75 Å². The molecule has 3 heterocycles. The summed E-state index contributed by atoms with van der Waals surface area (Å²) in [6.45, 7) is 0.905. The summed E-state index contributed by atoms with van der Waals surface area (Å²) >= 11 is 0.559. The molecule has 2 aromatic heterocycles. The summed E-state index contributed by atoms with van der Waals surface area (Å²) in [6, 6.07) is 6.98. The molecule has 4 rings (SSSR count).